The molecule has 1 aromatic heterocycles. The molecule has 2 aliphatic heterocycles. The average Bonchev–Trinajstić information content (AvgIpc) is 3.09. The number of nitrogens with zero attached hydrogens (tertiary/aromatic N) is 3. The molecule has 0 saturated carbocycles. The van der Waals surface area contributed by atoms with Crippen molar-refractivity contribution in [3.8, 4) is 11.5 Å². The summed E-state index contributed by atoms with van der Waals surface area (Å²) in [5, 5.41) is 0. The maximum absolute atomic E-state index is 12.8. The van der Waals surface area contributed by atoms with Gasteiger partial charge in [-0.25, -0.2) is 9.97 Å². The minimum absolute atomic E-state index is 0.0313. The molecule has 1 fully saturated rings. The third kappa shape index (κ3) is 2.79. The van der Waals surface area contributed by atoms with Gasteiger partial charge in [0, 0.05) is 36.5 Å². The topological polar surface area (TPSA) is 64.6 Å². The molecule has 0 spiro atoms. The number of likely N-dealkylation sites (tertiary alicyclic amines) is 1. The number of ether oxygens (including phenoxy) is 2. The molecule has 1 saturated heterocycles. The lowest BCUT2D eigenvalue weighted by Gasteiger charge is -2.32. The standard InChI is InChI=1S/C18H19N3O3/c1-12-19-7-6-15(20-12)14-3-2-8-21(10-14)18(22)13-4-5-16-17(9-13)24-11-23-16/h4-7,9,14H,2-3,8,10-11H2,1H3/t14-/m1/s1. The van der Waals surface area contributed by atoms with E-state index in [4.69, 9.17) is 9.47 Å². The van der Waals surface area contributed by atoms with E-state index in [-0.39, 0.29) is 18.6 Å². The zero-order valence-corrected chi connectivity index (χ0v) is 13.6. The summed E-state index contributed by atoms with van der Waals surface area (Å²) in [4.78, 5) is 23.4. The second-order valence-corrected chi connectivity index (χ2v) is 6.19. The van der Waals surface area contributed by atoms with E-state index in [0.717, 1.165) is 30.9 Å². The summed E-state index contributed by atoms with van der Waals surface area (Å²) in [7, 11) is 0. The number of carbonyl (C=O) groups is 1. The van der Waals surface area contributed by atoms with Crippen LogP contribution in [0.4, 0.5) is 0 Å². The zero-order chi connectivity index (χ0) is 16.5. The number of hydrogen-bond acceptors (Lipinski definition) is 5. The van der Waals surface area contributed by atoms with Crippen LogP contribution < -0.4 is 9.47 Å². The van der Waals surface area contributed by atoms with Crippen LogP contribution in [0.5, 0.6) is 11.5 Å². The first-order chi connectivity index (χ1) is 11.7. The summed E-state index contributed by atoms with van der Waals surface area (Å²) in [6.07, 6.45) is 3.81. The van der Waals surface area contributed by atoms with Crippen molar-refractivity contribution in [3.05, 3.63) is 47.5 Å². The molecule has 2 aromatic rings. The lowest BCUT2D eigenvalue weighted by Crippen LogP contribution is -2.39. The Balaban J connectivity index is 1.52. The van der Waals surface area contributed by atoms with Crippen molar-refractivity contribution >= 4 is 5.91 Å². The van der Waals surface area contributed by atoms with E-state index in [2.05, 4.69) is 9.97 Å². The van der Waals surface area contributed by atoms with Gasteiger partial charge in [-0.2, -0.15) is 0 Å². The first-order valence-corrected chi connectivity index (χ1v) is 8.19. The van der Waals surface area contributed by atoms with Crippen molar-refractivity contribution in [3.63, 3.8) is 0 Å². The maximum atomic E-state index is 12.8. The van der Waals surface area contributed by atoms with Gasteiger partial charge in [0.1, 0.15) is 5.82 Å². The van der Waals surface area contributed by atoms with Crippen LogP contribution in [0, 0.1) is 6.92 Å². The molecule has 1 amide bonds. The highest BCUT2D eigenvalue weighted by atomic mass is 16.7. The molecule has 0 radical (unpaired) electrons. The summed E-state index contributed by atoms with van der Waals surface area (Å²) in [5.41, 5.74) is 1.66. The molecule has 3 heterocycles. The predicted octanol–water partition coefficient (Wildman–Crippen LogP) is 2.53. The number of rotatable bonds is 2. The third-order valence-electron chi connectivity index (χ3n) is 4.54. The first-order valence-electron chi connectivity index (χ1n) is 8.19. The largest absolute Gasteiger partial charge is 0.454 e. The molecular formula is C18H19N3O3. The normalized spacial score (nSPS) is 19.4. The van der Waals surface area contributed by atoms with Crippen LogP contribution in [0.3, 0.4) is 0 Å². The number of carbonyl (C=O) groups excluding carboxylic acids is 1. The summed E-state index contributed by atoms with van der Waals surface area (Å²) < 4.78 is 10.7. The minimum atomic E-state index is 0.0313. The van der Waals surface area contributed by atoms with E-state index in [1.807, 2.05) is 17.9 Å². The van der Waals surface area contributed by atoms with Crippen LogP contribution in [0.25, 0.3) is 0 Å². The number of piperidine rings is 1. The number of aromatic nitrogens is 2. The highest BCUT2D eigenvalue weighted by Gasteiger charge is 2.27. The second-order valence-electron chi connectivity index (χ2n) is 6.19. The van der Waals surface area contributed by atoms with Crippen LogP contribution in [-0.2, 0) is 0 Å². The molecule has 6 nitrogen and oxygen atoms in total. The minimum Gasteiger partial charge on any atom is -0.454 e. The second kappa shape index (κ2) is 6.11. The highest BCUT2D eigenvalue weighted by Crippen LogP contribution is 2.33. The Morgan fingerprint density at radius 1 is 1.25 bits per heavy atom. The highest BCUT2D eigenvalue weighted by molar-refractivity contribution is 5.95. The fourth-order valence-electron chi connectivity index (χ4n) is 3.32. The number of aryl methyl sites for hydroxylation is 1. The van der Waals surface area contributed by atoms with Gasteiger partial charge in [-0.1, -0.05) is 0 Å². The molecule has 6 heteroatoms. The van der Waals surface area contributed by atoms with Crippen molar-refractivity contribution < 1.29 is 14.3 Å². The summed E-state index contributed by atoms with van der Waals surface area (Å²) in [6.45, 7) is 3.56. The smallest absolute Gasteiger partial charge is 0.254 e. The van der Waals surface area contributed by atoms with Gasteiger partial charge >= 0.3 is 0 Å². The Hall–Kier alpha value is -2.63. The Kier molecular flexibility index (Phi) is 3.80. The molecular weight excluding hydrogens is 306 g/mol. The Bertz CT molecular complexity index is 778. The van der Waals surface area contributed by atoms with Gasteiger partial charge in [-0.05, 0) is 44.0 Å². The van der Waals surface area contributed by atoms with Crippen LogP contribution in [-0.4, -0.2) is 40.7 Å². The van der Waals surface area contributed by atoms with Crippen LogP contribution in [0.15, 0.2) is 30.5 Å². The molecule has 0 unspecified atom stereocenters. The van der Waals surface area contributed by atoms with Crippen molar-refractivity contribution in [1.29, 1.82) is 0 Å². The predicted molar refractivity (Wildman–Crippen MR) is 87.2 cm³/mol. The molecule has 1 atom stereocenters. The molecule has 0 aliphatic carbocycles. The van der Waals surface area contributed by atoms with Crippen molar-refractivity contribution in [2.24, 2.45) is 0 Å². The van der Waals surface area contributed by atoms with E-state index in [1.54, 1.807) is 24.4 Å². The number of amides is 1. The SMILES string of the molecule is Cc1nccc([C@@H]2CCCN(C(=O)c3ccc4c(c3)OCO4)C2)n1. The monoisotopic (exact) mass is 325 g/mol. The van der Waals surface area contributed by atoms with E-state index in [0.29, 0.717) is 23.6 Å². The quantitative estimate of drug-likeness (QED) is 0.849. The van der Waals surface area contributed by atoms with Crippen LogP contribution in [0.1, 0.15) is 40.6 Å². The van der Waals surface area contributed by atoms with Crippen molar-refractivity contribution in [2.75, 3.05) is 19.9 Å². The van der Waals surface area contributed by atoms with Crippen molar-refractivity contribution in [2.45, 2.75) is 25.7 Å². The zero-order valence-electron chi connectivity index (χ0n) is 13.6. The molecule has 0 N–H and O–H groups in total. The van der Waals surface area contributed by atoms with E-state index in [1.165, 1.54) is 0 Å². The van der Waals surface area contributed by atoms with Gasteiger partial charge < -0.3 is 14.4 Å². The first kappa shape index (κ1) is 14.9. The molecule has 2 aliphatic rings. The Morgan fingerprint density at radius 3 is 3.00 bits per heavy atom. The molecule has 0 bridgehead atoms. The number of hydrogen-bond donors (Lipinski definition) is 0. The molecule has 1 aromatic carbocycles. The third-order valence-corrected chi connectivity index (χ3v) is 4.54. The summed E-state index contributed by atoms with van der Waals surface area (Å²) >= 11 is 0. The lowest BCUT2D eigenvalue weighted by atomic mass is 9.94. The van der Waals surface area contributed by atoms with E-state index in [9.17, 15) is 4.79 Å². The summed E-state index contributed by atoms with van der Waals surface area (Å²) in [5.74, 6) is 2.40. The van der Waals surface area contributed by atoms with Gasteiger partial charge in [0.2, 0.25) is 6.79 Å². The van der Waals surface area contributed by atoms with Gasteiger partial charge in [-0.15, -0.1) is 0 Å². The lowest BCUT2D eigenvalue weighted by molar-refractivity contribution is 0.0705. The van der Waals surface area contributed by atoms with E-state index >= 15 is 0 Å². The molecule has 24 heavy (non-hydrogen) atoms. The van der Waals surface area contributed by atoms with Gasteiger partial charge in [0.05, 0.1) is 0 Å². The Morgan fingerprint density at radius 2 is 2.12 bits per heavy atom. The number of benzene rings is 1. The van der Waals surface area contributed by atoms with Gasteiger partial charge in [0.25, 0.3) is 5.91 Å². The Labute approximate surface area is 140 Å². The maximum Gasteiger partial charge on any atom is 0.254 e. The fourth-order valence-corrected chi connectivity index (χ4v) is 3.32. The van der Waals surface area contributed by atoms with Crippen LogP contribution in [0.2, 0.25) is 0 Å². The average molecular weight is 325 g/mol. The molecule has 4 rings (SSSR count). The van der Waals surface area contributed by atoms with Crippen molar-refractivity contribution in [1.82, 2.24) is 14.9 Å². The summed E-state index contributed by atoms with van der Waals surface area (Å²) in [6, 6.07) is 7.31. The van der Waals surface area contributed by atoms with Gasteiger partial charge in [-0.3, -0.25) is 4.79 Å². The number of fused-ring (bicyclic) bond motifs is 1. The van der Waals surface area contributed by atoms with E-state index < -0.39 is 0 Å². The molecule has 124 valence electrons. The fraction of sp³-hybridized carbons (Fsp3) is 0.389. The van der Waals surface area contributed by atoms with Gasteiger partial charge in [0.15, 0.2) is 11.5 Å². The van der Waals surface area contributed by atoms with Crippen LogP contribution >= 0.6 is 0 Å².